The van der Waals surface area contributed by atoms with Gasteiger partial charge in [-0.15, -0.1) is 0 Å². The molecule has 242 valence electrons. The second-order valence-electron chi connectivity index (χ2n) is 13.4. The Morgan fingerprint density at radius 3 is 1.75 bits per heavy atom. The number of rotatable bonds is 4. The van der Waals surface area contributed by atoms with Crippen LogP contribution in [0.1, 0.15) is 0 Å². The van der Waals surface area contributed by atoms with Gasteiger partial charge in [0, 0.05) is 50.0 Å². The molecule has 0 aliphatic carbocycles. The number of hydrogen-bond donors (Lipinski definition) is 0. The monoisotopic (exact) mass is 663 g/mol. The van der Waals surface area contributed by atoms with Gasteiger partial charge in [-0.25, -0.2) is 9.97 Å². The topological polar surface area (TPSA) is 43.9 Å². The van der Waals surface area contributed by atoms with Crippen LogP contribution in [0, 0.1) is 0 Å². The first kappa shape index (κ1) is 28.8. The average Bonchev–Trinajstić information content (AvgIpc) is 3.76. The van der Waals surface area contributed by atoms with Crippen LogP contribution in [0.5, 0.6) is 0 Å². The van der Waals surface area contributed by atoms with Crippen molar-refractivity contribution < 1.29 is 4.42 Å². The first-order chi connectivity index (χ1) is 25.7. The lowest BCUT2D eigenvalue weighted by Gasteiger charge is -2.11. The van der Waals surface area contributed by atoms with Crippen LogP contribution in [0.2, 0.25) is 0 Å². The van der Waals surface area contributed by atoms with Gasteiger partial charge in [-0.3, -0.25) is 0 Å². The Morgan fingerprint density at radius 1 is 0.404 bits per heavy atom. The fraction of sp³-hybridized carbons (Fsp3) is 0. The van der Waals surface area contributed by atoms with Crippen LogP contribution < -0.4 is 0 Å². The molecule has 11 aromatic rings. The summed E-state index contributed by atoms with van der Waals surface area (Å²) in [5, 5.41) is 9.28. The summed E-state index contributed by atoms with van der Waals surface area (Å²) in [5.41, 5.74) is 9.81. The van der Waals surface area contributed by atoms with E-state index >= 15 is 0 Å². The predicted molar refractivity (Wildman–Crippen MR) is 215 cm³/mol. The lowest BCUT2D eigenvalue weighted by Crippen LogP contribution is -1.96. The van der Waals surface area contributed by atoms with Gasteiger partial charge in [0.1, 0.15) is 11.2 Å². The van der Waals surface area contributed by atoms with E-state index in [1.165, 1.54) is 38.0 Å². The van der Waals surface area contributed by atoms with E-state index in [4.69, 9.17) is 14.4 Å². The van der Waals surface area contributed by atoms with Crippen molar-refractivity contribution in [2.24, 2.45) is 0 Å². The highest BCUT2D eigenvalue weighted by molar-refractivity contribution is 6.13. The van der Waals surface area contributed by atoms with Gasteiger partial charge in [0.25, 0.3) is 0 Å². The van der Waals surface area contributed by atoms with Crippen molar-refractivity contribution in [3.05, 3.63) is 176 Å². The molecular formula is C48H29N3O. The summed E-state index contributed by atoms with van der Waals surface area (Å²) >= 11 is 0. The minimum absolute atomic E-state index is 0.685. The van der Waals surface area contributed by atoms with E-state index in [0.717, 1.165) is 61.1 Å². The molecule has 3 aromatic heterocycles. The first-order valence-electron chi connectivity index (χ1n) is 17.6. The van der Waals surface area contributed by atoms with Crippen LogP contribution in [-0.4, -0.2) is 14.5 Å². The molecule has 0 spiro atoms. The molecule has 3 heterocycles. The van der Waals surface area contributed by atoms with Crippen LogP contribution >= 0.6 is 0 Å². The molecule has 0 unspecified atom stereocenters. The van der Waals surface area contributed by atoms with Crippen molar-refractivity contribution in [2.75, 3.05) is 0 Å². The standard InChI is InChI=1S/C48H29N3O/c1-3-12-32-26-34(22-20-30(32)10-1)41-29-42(50-48(49-41)35-23-21-31-11-2-4-13-33(31)27-35)39-16-9-19-45-47(39)40-25-24-36(28-46(40)52-45)51-43-17-7-5-14-37(43)38-15-6-8-18-44(38)51/h1-29H. The zero-order valence-electron chi connectivity index (χ0n) is 28.0. The number of benzene rings is 8. The van der Waals surface area contributed by atoms with Crippen LogP contribution in [-0.2, 0) is 0 Å². The summed E-state index contributed by atoms with van der Waals surface area (Å²) in [6, 6.07) is 62.0. The molecule has 0 amide bonds. The third kappa shape index (κ3) is 4.48. The summed E-state index contributed by atoms with van der Waals surface area (Å²) in [7, 11) is 0. The zero-order chi connectivity index (χ0) is 34.2. The van der Waals surface area contributed by atoms with Gasteiger partial charge in [0.15, 0.2) is 5.82 Å². The minimum atomic E-state index is 0.685. The van der Waals surface area contributed by atoms with Crippen LogP contribution in [0.15, 0.2) is 180 Å². The zero-order valence-corrected chi connectivity index (χ0v) is 28.0. The molecule has 0 radical (unpaired) electrons. The van der Waals surface area contributed by atoms with Gasteiger partial charge in [-0.05, 0) is 70.1 Å². The van der Waals surface area contributed by atoms with E-state index in [1.54, 1.807) is 0 Å². The SMILES string of the molecule is c1ccc2cc(-c3cc(-c4cccc5oc6cc(-n7c8ccccc8c8ccccc87)ccc6c45)nc(-c4ccc5ccccc5c4)n3)ccc2c1. The molecule has 0 atom stereocenters. The fourth-order valence-corrected chi connectivity index (χ4v) is 7.91. The molecular weight excluding hydrogens is 635 g/mol. The molecule has 0 aliphatic heterocycles. The summed E-state index contributed by atoms with van der Waals surface area (Å²) in [4.78, 5) is 10.5. The highest BCUT2D eigenvalue weighted by Gasteiger charge is 2.19. The predicted octanol–water partition coefficient (Wildman–Crippen LogP) is 12.8. The van der Waals surface area contributed by atoms with Crippen molar-refractivity contribution in [1.29, 1.82) is 0 Å². The lowest BCUT2D eigenvalue weighted by atomic mass is 10.00. The number of hydrogen-bond acceptors (Lipinski definition) is 3. The van der Waals surface area contributed by atoms with Crippen molar-refractivity contribution in [3.8, 4) is 39.6 Å². The van der Waals surface area contributed by atoms with Crippen molar-refractivity contribution in [2.45, 2.75) is 0 Å². The summed E-state index contributed by atoms with van der Waals surface area (Å²) < 4.78 is 8.97. The molecule has 0 saturated carbocycles. The summed E-state index contributed by atoms with van der Waals surface area (Å²) in [5.74, 6) is 0.685. The normalized spacial score (nSPS) is 11.8. The Kier molecular flexibility index (Phi) is 6.22. The van der Waals surface area contributed by atoms with Gasteiger partial charge in [0.05, 0.1) is 22.4 Å². The van der Waals surface area contributed by atoms with Crippen LogP contribution in [0.3, 0.4) is 0 Å². The molecule has 0 fully saturated rings. The van der Waals surface area contributed by atoms with Gasteiger partial charge in [0.2, 0.25) is 0 Å². The highest BCUT2D eigenvalue weighted by Crippen LogP contribution is 2.40. The molecule has 0 aliphatic rings. The molecule has 52 heavy (non-hydrogen) atoms. The number of furan rings is 1. The number of fused-ring (bicyclic) bond motifs is 8. The number of nitrogens with zero attached hydrogens (tertiary/aromatic N) is 3. The molecule has 4 nitrogen and oxygen atoms in total. The molecule has 0 saturated heterocycles. The van der Waals surface area contributed by atoms with E-state index in [9.17, 15) is 0 Å². The van der Waals surface area contributed by atoms with E-state index in [0.29, 0.717) is 5.82 Å². The van der Waals surface area contributed by atoms with E-state index in [-0.39, 0.29) is 0 Å². The highest BCUT2D eigenvalue weighted by atomic mass is 16.3. The maximum Gasteiger partial charge on any atom is 0.160 e. The van der Waals surface area contributed by atoms with E-state index in [2.05, 4.69) is 180 Å². The summed E-state index contributed by atoms with van der Waals surface area (Å²) in [6.07, 6.45) is 0. The number of aromatic nitrogens is 3. The molecule has 4 heteroatoms. The Hall–Kier alpha value is -7.04. The first-order valence-corrected chi connectivity index (χ1v) is 17.6. The maximum absolute atomic E-state index is 6.65. The van der Waals surface area contributed by atoms with Gasteiger partial charge >= 0.3 is 0 Å². The fourth-order valence-electron chi connectivity index (χ4n) is 7.91. The lowest BCUT2D eigenvalue weighted by molar-refractivity contribution is 0.668. The molecule has 8 aromatic carbocycles. The quantitative estimate of drug-likeness (QED) is 0.188. The van der Waals surface area contributed by atoms with E-state index in [1.807, 2.05) is 0 Å². The Morgan fingerprint density at radius 2 is 1.02 bits per heavy atom. The van der Waals surface area contributed by atoms with Crippen molar-refractivity contribution in [3.63, 3.8) is 0 Å². The van der Waals surface area contributed by atoms with Gasteiger partial charge in [-0.1, -0.05) is 121 Å². The van der Waals surface area contributed by atoms with Gasteiger partial charge < -0.3 is 8.98 Å². The molecule has 0 bridgehead atoms. The average molecular weight is 664 g/mol. The third-order valence-corrected chi connectivity index (χ3v) is 10.4. The van der Waals surface area contributed by atoms with Crippen molar-refractivity contribution in [1.82, 2.24) is 14.5 Å². The van der Waals surface area contributed by atoms with E-state index < -0.39 is 0 Å². The molecule has 11 rings (SSSR count). The second-order valence-corrected chi connectivity index (χ2v) is 13.4. The smallest absolute Gasteiger partial charge is 0.160 e. The number of para-hydroxylation sites is 2. The minimum Gasteiger partial charge on any atom is -0.456 e. The van der Waals surface area contributed by atoms with Gasteiger partial charge in [-0.2, -0.15) is 0 Å². The van der Waals surface area contributed by atoms with Crippen LogP contribution in [0.4, 0.5) is 0 Å². The second kappa shape index (κ2) is 11.2. The molecule has 0 N–H and O–H groups in total. The Labute approximate surface area is 298 Å². The van der Waals surface area contributed by atoms with Crippen molar-refractivity contribution >= 4 is 65.3 Å². The largest absolute Gasteiger partial charge is 0.456 e. The Balaban J connectivity index is 1.12. The summed E-state index contributed by atoms with van der Waals surface area (Å²) in [6.45, 7) is 0. The maximum atomic E-state index is 6.65. The van der Waals surface area contributed by atoms with Crippen LogP contribution in [0.25, 0.3) is 105 Å². The third-order valence-electron chi connectivity index (χ3n) is 10.4. The Bertz CT molecular complexity index is 3050.